The molecule has 0 saturated carbocycles. The Balaban J connectivity index is 2.01. The predicted octanol–water partition coefficient (Wildman–Crippen LogP) is 4.01. The van der Waals surface area contributed by atoms with Crippen molar-refractivity contribution in [1.29, 1.82) is 0 Å². The summed E-state index contributed by atoms with van der Waals surface area (Å²) in [5.41, 5.74) is 1.04. The third-order valence-electron chi connectivity index (χ3n) is 2.58. The Morgan fingerprint density at radius 1 is 1.32 bits per heavy atom. The van der Waals surface area contributed by atoms with Crippen molar-refractivity contribution in [2.45, 2.75) is 19.8 Å². The first kappa shape index (κ1) is 15.2. The highest BCUT2D eigenvalue weighted by atomic mass is 127. The van der Waals surface area contributed by atoms with Gasteiger partial charge in [-0.2, -0.15) is 0 Å². The first-order valence-electron chi connectivity index (χ1n) is 6.19. The van der Waals surface area contributed by atoms with Crippen LogP contribution in [-0.4, -0.2) is 23.3 Å². The van der Waals surface area contributed by atoms with Crippen LogP contribution < -0.4 is 5.32 Å². The maximum atomic E-state index is 6.13. The van der Waals surface area contributed by atoms with E-state index in [-0.39, 0.29) is 0 Å². The van der Waals surface area contributed by atoms with E-state index >= 15 is 0 Å². The predicted molar refractivity (Wildman–Crippen MR) is 89.9 cm³/mol. The van der Waals surface area contributed by atoms with Gasteiger partial charge in [0.25, 0.3) is 0 Å². The SMILES string of the molecule is CCCNCCc1nnc(-c2ccc(I)c(Cl)c2)s1. The molecule has 0 bridgehead atoms. The quantitative estimate of drug-likeness (QED) is 0.581. The zero-order valence-corrected chi connectivity index (χ0v) is 14.3. The fourth-order valence-electron chi connectivity index (χ4n) is 1.60. The average molecular weight is 408 g/mol. The second-order valence-corrected chi connectivity index (χ2v) is 6.76. The lowest BCUT2D eigenvalue weighted by atomic mass is 10.2. The van der Waals surface area contributed by atoms with Crippen molar-refractivity contribution in [2.75, 3.05) is 13.1 Å². The second-order valence-electron chi connectivity index (χ2n) is 4.13. The van der Waals surface area contributed by atoms with Gasteiger partial charge in [0.1, 0.15) is 10.0 Å². The summed E-state index contributed by atoms with van der Waals surface area (Å²) in [7, 11) is 0. The van der Waals surface area contributed by atoms with E-state index in [1.54, 1.807) is 11.3 Å². The monoisotopic (exact) mass is 407 g/mol. The summed E-state index contributed by atoms with van der Waals surface area (Å²) in [4.78, 5) is 0. The molecule has 19 heavy (non-hydrogen) atoms. The number of aromatic nitrogens is 2. The van der Waals surface area contributed by atoms with Crippen LogP contribution in [0.5, 0.6) is 0 Å². The maximum Gasteiger partial charge on any atom is 0.147 e. The van der Waals surface area contributed by atoms with Gasteiger partial charge in [0.2, 0.25) is 0 Å². The minimum atomic E-state index is 0.763. The number of halogens is 2. The summed E-state index contributed by atoms with van der Waals surface area (Å²) >= 11 is 9.98. The molecule has 0 spiro atoms. The van der Waals surface area contributed by atoms with E-state index in [2.05, 4.69) is 45.0 Å². The van der Waals surface area contributed by atoms with Crippen LogP contribution in [0.1, 0.15) is 18.4 Å². The normalized spacial score (nSPS) is 10.9. The molecule has 0 amide bonds. The molecule has 0 aliphatic heterocycles. The number of benzene rings is 1. The minimum Gasteiger partial charge on any atom is -0.316 e. The zero-order chi connectivity index (χ0) is 13.7. The van der Waals surface area contributed by atoms with E-state index in [9.17, 15) is 0 Å². The van der Waals surface area contributed by atoms with Gasteiger partial charge < -0.3 is 5.32 Å². The van der Waals surface area contributed by atoms with E-state index in [1.807, 2.05) is 18.2 Å². The summed E-state index contributed by atoms with van der Waals surface area (Å²) in [6, 6.07) is 5.98. The summed E-state index contributed by atoms with van der Waals surface area (Å²) in [5.74, 6) is 0. The average Bonchev–Trinajstić information content (AvgIpc) is 2.87. The highest BCUT2D eigenvalue weighted by molar-refractivity contribution is 14.1. The summed E-state index contributed by atoms with van der Waals surface area (Å²) < 4.78 is 1.05. The molecule has 3 nitrogen and oxygen atoms in total. The molecule has 6 heteroatoms. The van der Waals surface area contributed by atoms with E-state index < -0.39 is 0 Å². The van der Waals surface area contributed by atoms with Gasteiger partial charge in [0, 0.05) is 22.1 Å². The van der Waals surface area contributed by atoms with Crippen molar-refractivity contribution >= 4 is 45.5 Å². The van der Waals surface area contributed by atoms with Crippen molar-refractivity contribution in [1.82, 2.24) is 15.5 Å². The first-order chi connectivity index (χ1) is 9.20. The molecule has 2 rings (SSSR count). The number of hydrogen-bond donors (Lipinski definition) is 1. The number of rotatable bonds is 6. The molecule has 1 aromatic carbocycles. The Labute approximate surface area is 135 Å². The Morgan fingerprint density at radius 3 is 2.89 bits per heavy atom. The highest BCUT2D eigenvalue weighted by Gasteiger charge is 2.08. The van der Waals surface area contributed by atoms with Gasteiger partial charge in [-0.25, -0.2) is 0 Å². The lowest BCUT2D eigenvalue weighted by molar-refractivity contribution is 0.668. The third kappa shape index (κ3) is 4.37. The van der Waals surface area contributed by atoms with Gasteiger partial charge >= 0.3 is 0 Å². The molecule has 0 aliphatic carbocycles. The van der Waals surface area contributed by atoms with Crippen molar-refractivity contribution < 1.29 is 0 Å². The summed E-state index contributed by atoms with van der Waals surface area (Å²) in [5, 5.41) is 14.6. The van der Waals surface area contributed by atoms with Crippen molar-refractivity contribution in [3.05, 3.63) is 31.8 Å². The molecule has 1 heterocycles. The molecule has 0 saturated heterocycles. The second kappa shape index (κ2) is 7.52. The molecule has 0 unspecified atom stereocenters. The molecule has 102 valence electrons. The molecular weight excluding hydrogens is 393 g/mol. The third-order valence-corrected chi connectivity index (χ3v) is 5.18. The Kier molecular flexibility index (Phi) is 6.00. The largest absolute Gasteiger partial charge is 0.316 e. The van der Waals surface area contributed by atoms with Crippen LogP contribution in [0.15, 0.2) is 18.2 Å². The van der Waals surface area contributed by atoms with E-state index in [4.69, 9.17) is 11.6 Å². The maximum absolute atomic E-state index is 6.13. The van der Waals surface area contributed by atoms with Gasteiger partial charge in [-0.1, -0.05) is 35.9 Å². The van der Waals surface area contributed by atoms with Crippen LogP contribution in [0.2, 0.25) is 5.02 Å². The molecular formula is C13H15ClIN3S. The fourth-order valence-corrected chi connectivity index (χ4v) is 2.95. The molecule has 0 aliphatic rings. The van der Waals surface area contributed by atoms with Crippen LogP contribution in [0.25, 0.3) is 10.6 Å². The van der Waals surface area contributed by atoms with E-state index in [1.165, 1.54) is 0 Å². The van der Waals surface area contributed by atoms with Crippen LogP contribution in [0.4, 0.5) is 0 Å². The standard InChI is InChI=1S/C13H15ClIN3S/c1-2-6-16-7-5-12-17-18-13(19-12)9-3-4-11(15)10(14)8-9/h3-4,8,16H,2,5-7H2,1H3. The number of nitrogens with zero attached hydrogens (tertiary/aromatic N) is 2. The number of nitrogens with one attached hydrogen (secondary N) is 1. The van der Waals surface area contributed by atoms with E-state index in [0.717, 1.165) is 50.1 Å². The zero-order valence-electron chi connectivity index (χ0n) is 10.6. The summed E-state index contributed by atoms with van der Waals surface area (Å²) in [6.45, 7) is 4.17. The van der Waals surface area contributed by atoms with Gasteiger partial charge in [0.05, 0.1) is 5.02 Å². The molecule has 0 fully saturated rings. The van der Waals surface area contributed by atoms with Crippen LogP contribution in [0, 0.1) is 3.57 Å². The first-order valence-corrected chi connectivity index (χ1v) is 8.46. The van der Waals surface area contributed by atoms with Crippen LogP contribution in [0.3, 0.4) is 0 Å². The van der Waals surface area contributed by atoms with Gasteiger partial charge in [-0.3, -0.25) is 0 Å². The smallest absolute Gasteiger partial charge is 0.147 e. The molecule has 2 aromatic rings. The Bertz CT molecular complexity index is 544. The summed E-state index contributed by atoms with van der Waals surface area (Å²) in [6.07, 6.45) is 2.08. The van der Waals surface area contributed by atoms with Crippen LogP contribution >= 0.6 is 45.5 Å². The Morgan fingerprint density at radius 2 is 2.16 bits per heavy atom. The lowest BCUT2D eigenvalue weighted by Gasteiger charge is -1.99. The van der Waals surface area contributed by atoms with Gasteiger partial charge in [-0.15, -0.1) is 10.2 Å². The fraction of sp³-hybridized carbons (Fsp3) is 0.385. The molecule has 0 atom stereocenters. The van der Waals surface area contributed by atoms with Gasteiger partial charge in [0.15, 0.2) is 0 Å². The highest BCUT2D eigenvalue weighted by Crippen LogP contribution is 2.28. The Hall–Kier alpha value is -0.240. The molecule has 1 N–H and O–H groups in total. The van der Waals surface area contributed by atoms with Crippen molar-refractivity contribution in [3.8, 4) is 10.6 Å². The molecule has 0 radical (unpaired) electrons. The van der Waals surface area contributed by atoms with Crippen molar-refractivity contribution in [3.63, 3.8) is 0 Å². The topological polar surface area (TPSA) is 37.8 Å². The van der Waals surface area contributed by atoms with Crippen molar-refractivity contribution in [2.24, 2.45) is 0 Å². The van der Waals surface area contributed by atoms with E-state index in [0.29, 0.717) is 0 Å². The minimum absolute atomic E-state index is 0.763. The molecule has 1 aromatic heterocycles. The lowest BCUT2D eigenvalue weighted by Crippen LogP contribution is -2.17. The van der Waals surface area contributed by atoms with Gasteiger partial charge in [-0.05, 0) is 47.7 Å². The number of hydrogen-bond acceptors (Lipinski definition) is 4. The van der Waals surface area contributed by atoms with Crippen LogP contribution in [-0.2, 0) is 6.42 Å².